The molecule has 1 aliphatic heterocycles. The van der Waals surface area contributed by atoms with Crippen molar-refractivity contribution < 1.29 is 4.79 Å². The van der Waals surface area contributed by atoms with Crippen molar-refractivity contribution in [3.05, 3.63) is 33.8 Å². The molecule has 1 saturated carbocycles. The third-order valence-electron chi connectivity index (χ3n) is 4.17. The molecule has 2 aliphatic rings. The van der Waals surface area contributed by atoms with E-state index < -0.39 is 0 Å². The summed E-state index contributed by atoms with van der Waals surface area (Å²) in [6.45, 7) is 2.97. The first kappa shape index (κ1) is 11.3. The van der Waals surface area contributed by atoms with Crippen LogP contribution in [0.4, 0.5) is 0 Å². The van der Waals surface area contributed by atoms with Crippen LogP contribution in [0.5, 0.6) is 0 Å². The molecule has 2 nitrogen and oxygen atoms in total. The van der Waals surface area contributed by atoms with Crippen molar-refractivity contribution in [1.82, 2.24) is 4.90 Å². The fourth-order valence-corrected chi connectivity index (χ4v) is 3.53. The van der Waals surface area contributed by atoms with E-state index in [0.717, 1.165) is 28.1 Å². The highest BCUT2D eigenvalue weighted by Gasteiger charge is 2.40. The van der Waals surface area contributed by atoms with Crippen LogP contribution >= 0.6 is 15.9 Å². The van der Waals surface area contributed by atoms with Gasteiger partial charge >= 0.3 is 0 Å². The molecule has 90 valence electrons. The lowest BCUT2D eigenvalue weighted by molar-refractivity contribution is 0.0703. The fourth-order valence-electron chi connectivity index (χ4n) is 3.17. The second-order valence-electron chi connectivity index (χ2n) is 5.20. The summed E-state index contributed by atoms with van der Waals surface area (Å²) in [7, 11) is 0. The molecule has 1 amide bonds. The Kier molecular flexibility index (Phi) is 2.74. The van der Waals surface area contributed by atoms with E-state index in [2.05, 4.69) is 20.8 Å². The van der Waals surface area contributed by atoms with Crippen molar-refractivity contribution in [2.45, 2.75) is 32.2 Å². The second-order valence-corrected chi connectivity index (χ2v) is 6.06. The maximum atomic E-state index is 12.5. The molecule has 0 spiro atoms. The first-order valence-corrected chi connectivity index (χ1v) is 7.02. The number of carbonyl (C=O) groups is 1. The molecule has 0 aromatic heterocycles. The fraction of sp³-hybridized carbons (Fsp3) is 0.500. The summed E-state index contributed by atoms with van der Waals surface area (Å²) < 4.78 is 1.02. The third-order valence-corrected chi connectivity index (χ3v) is 5.03. The highest BCUT2D eigenvalue weighted by molar-refractivity contribution is 9.10. The highest BCUT2D eigenvalue weighted by atomic mass is 79.9. The number of carbonyl (C=O) groups excluding carboxylic acids is 1. The van der Waals surface area contributed by atoms with E-state index in [1.54, 1.807) is 0 Å². The van der Waals surface area contributed by atoms with E-state index in [9.17, 15) is 4.79 Å². The van der Waals surface area contributed by atoms with Gasteiger partial charge in [0.05, 0.1) is 0 Å². The van der Waals surface area contributed by atoms with Gasteiger partial charge in [0.15, 0.2) is 0 Å². The Balaban J connectivity index is 1.89. The molecule has 1 aromatic rings. The predicted octanol–water partition coefficient (Wildman–Crippen LogP) is 3.38. The number of hydrogen-bond donors (Lipinski definition) is 0. The van der Waals surface area contributed by atoms with Gasteiger partial charge in [0.1, 0.15) is 0 Å². The number of hydrogen-bond acceptors (Lipinski definition) is 1. The predicted molar refractivity (Wildman–Crippen MR) is 71.0 cm³/mol. The Morgan fingerprint density at radius 2 is 2.24 bits per heavy atom. The molecule has 2 bridgehead atoms. The van der Waals surface area contributed by atoms with E-state index >= 15 is 0 Å². The zero-order valence-corrected chi connectivity index (χ0v) is 11.5. The highest BCUT2D eigenvalue weighted by Crippen LogP contribution is 2.38. The summed E-state index contributed by atoms with van der Waals surface area (Å²) in [5, 5.41) is 0. The van der Waals surface area contributed by atoms with Gasteiger partial charge < -0.3 is 4.90 Å². The molecule has 2 atom stereocenters. The van der Waals surface area contributed by atoms with Gasteiger partial charge in [-0.2, -0.15) is 0 Å². The quantitative estimate of drug-likeness (QED) is 0.777. The van der Waals surface area contributed by atoms with Crippen molar-refractivity contribution in [3.8, 4) is 0 Å². The minimum absolute atomic E-state index is 0.219. The number of likely N-dealkylation sites (tertiary alicyclic amines) is 1. The average molecular weight is 294 g/mol. The molecule has 1 heterocycles. The standard InChI is InChI=1S/C14H16BrNO/c1-9-12(3-2-4-13(9)15)14(17)16-8-10-5-6-11(16)7-10/h2-4,10-11H,5-8H2,1H3. The average Bonchev–Trinajstić information content (AvgIpc) is 2.94. The molecule has 17 heavy (non-hydrogen) atoms. The number of benzene rings is 1. The number of nitrogens with zero attached hydrogens (tertiary/aromatic N) is 1. The Labute approximate surface area is 110 Å². The third kappa shape index (κ3) is 1.81. The molecular formula is C14H16BrNO. The molecule has 1 saturated heterocycles. The molecule has 1 aliphatic carbocycles. The van der Waals surface area contributed by atoms with Crippen molar-refractivity contribution in [2.24, 2.45) is 5.92 Å². The van der Waals surface area contributed by atoms with Crippen LogP contribution in [0.1, 0.15) is 35.2 Å². The van der Waals surface area contributed by atoms with Gasteiger partial charge in [-0.25, -0.2) is 0 Å². The molecule has 1 aromatic carbocycles. The topological polar surface area (TPSA) is 20.3 Å². The largest absolute Gasteiger partial charge is 0.335 e. The molecular weight excluding hydrogens is 278 g/mol. The maximum Gasteiger partial charge on any atom is 0.254 e. The Morgan fingerprint density at radius 3 is 2.88 bits per heavy atom. The smallest absolute Gasteiger partial charge is 0.254 e. The number of amides is 1. The minimum Gasteiger partial charge on any atom is -0.335 e. The first-order valence-electron chi connectivity index (χ1n) is 6.23. The van der Waals surface area contributed by atoms with Crippen molar-refractivity contribution in [1.29, 1.82) is 0 Å². The first-order chi connectivity index (χ1) is 8.16. The monoisotopic (exact) mass is 293 g/mol. The maximum absolute atomic E-state index is 12.5. The van der Waals surface area contributed by atoms with Crippen LogP contribution in [-0.2, 0) is 0 Å². The Hall–Kier alpha value is -0.830. The summed E-state index contributed by atoms with van der Waals surface area (Å²) in [6.07, 6.45) is 3.73. The zero-order chi connectivity index (χ0) is 12.0. The molecule has 0 N–H and O–H groups in total. The Bertz CT molecular complexity index is 471. The van der Waals surface area contributed by atoms with Gasteiger partial charge in [0.25, 0.3) is 5.91 Å². The van der Waals surface area contributed by atoms with Crippen LogP contribution in [-0.4, -0.2) is 23.4 Å². The lowest BCUT2D eigenvalue weighted by atomic mass is 10.1. The van der Waals surface area contributed by atoms with Crippen LogP contribution in [0.3, 0.4) is 0 Å². The van der Waals surface area contributed by atoms with Gasteiger partial charge in [-0.15, -0.1) is 0 Å². The lowest BCUT2D eigenvalue weighted by Gasteiger charge is -2.27. The molecule has 0 radical (unpaired) electrons. The lowest BCUT2D eigenvalue weighted by Crippen LogP contribution is -2.37. The van der Waals surface area contributed by atoms with Crippen LogP contribution in [0.25, 0.3) is 0 Å². The van der Waals surface area contributed by atoms with E-state index in [-0.39, 0.29) is 5.91 Å². The van der Waals surface area contributed by atoms with Crippen molar-refractivity contribution >= 4 is 21.8 Å². The summed E-state index contributed by atoms with van der Waals surface area (Å²) >= 11 is 3.49. The van der Waals surface area contributed by atoms with Gasteiger partial charge in [-0.3, -0.25) is 4.79 Å². The van der Waals surface area contributed by atoms with E-state index in [1.807, 2.05) is 25.1 Å². The van der Waals surface area contributed by atoms with Gasteiger partial charge in [-0.1, -0.05) is 22.0 Å². The molecule has 2 fully saturated rings. The normalized spacial score (nSPS) is 26.6. The second kappa shape index (κ2) is 4.13. The molecule has 3 heteroatoms. The molecule has 2 unspecified atom stereocenters. The van der Waals surface area contributed by atoms with Crippen molar-refractivity contribution in [3.63, 3.8) is 0 Å². The molecule has 3 rings (SSSR count). The van der Waals surface area contributed by atoms with Gasteiger partial charge in [0.2, 0.25) is 0 Å². The number of fused-ring (bicyclic) bond motifs is 2. The minimum atomic E-state index is 0.219. The summed E-state index contributed by atoms with van der Waals surface area (Å²) in [6, 6.07) is 6.38. The van der Waals surface area contributed by atoms with Gasteiger partial charge in [0, 0.05) is 22.6 Å². The number of halogens is 1. The summed E-state index contributed by atoms with van der Waals surface area (Å²) in [5.74, 6) is 0.979. The van der Waals surface area contributed by atoms with Crippen LogP contribution in [0, 0.1) is 12.8 Å². The number of rotatable bonds is 1. The zero-order valence-electron chi connectivity index (χ0n) is 9.95. The van der Waals surface area contributed by atoms with E-state index in [0.29, 0.717) is 6.04 Å². The van der Waals surface area contributed by atoms with Crippen LogP contribution < -0.4 is 0 Å². The number of piperidine rings is 1. The van der Waals surface area contributed by atoms with E-state index in [4.69, 9.17) is 0 Å². The Morgan fingerprint density at radius 1 is 1.41 bits per heavy atom. The van der Waals surface area contributed by atoms with Crippen LogP contribution in [0.2, 0.25) is 0 Å². The van der Waals surface area contributed by atoms with E-state index in [1.165, 1.54) is 19.3 Å². The summed E-state index contributed by atoms with van der Waals surface area (Å²) in [5.41, 5.74) is 1.91. The van der Waals surface area contributed by atoms with Gasteiger partial charge in [-0.05, 0) is 49.8 Å². The van der Waals surface area contributed by atoms with Crippen molar-refractivity contribution in [2.75, 3.05) is 6.54 Å². The van der Waals surface area contributed by atoms with Crippen LogP contribution in [0.15, 0.2) is 22.7 Å². The summed E-state index contributed by atoms with van der Waals surface area (Å²) in [4.78, 5) is 14.6. The SMILES string of the molecule is Cc1c(Br)cccc1C(=O)N1CC2CCC1C2.